The number of carboxylic acid groups (broad SMARTS) is 1. The molecule has 1 aromatic heterocycles. The molecular formula is C11H16N2O4. The number of aliphatic carboxylic acids is 1. The van der Waals surface area contributed by atoms with Crippen molar-refractivity contribution in [3.05, 3.63) is 11.8 Å². The molecule has 1 fully saturated rings. The molecule has 6 nitrogen and oxygen atoms in total. The lowest BCUT2D eigenvalue weighted by molar-refractivity contribution is -0.137. The van der Waals surface area contributed by atoms with Crippen LogP contribution in [-0.2, 0) is 16.0 Å². The molecule has 1 aliphatic rings. The Morgan fingerprint density at radius 1 is 1.47 bits per heavy atom. The number of aromatic nitrogens is 2. The van der Waals surface area contributed by atoms with Crippen molar-refractivity contribution in [2.24, 2.45) is 0 Å². The monoisotopic (exact) mass is 240 g/mol. The van der Waals surface area contributed by atoms with Gasteiger partial charge in [-0.25, -0.2) is 0 Å². The van der Waals surface area contributed by atoms with Crippen LogP contribution >= 0.6 is 0 Å². The first-order chi connectivity index (χ1) is 8.25. The molecule has 0 bridgehead atoms. The number of aryl methyl sites for hydroxylation is 1. The molecule has 17 heavy (non-hydrogen) atoms. The van der Waals surface area contributed by atoms with Gasteiger partial charge in [0.05, 0.1) is 12.5 Å². The van der Waals surface area contributed by atoms with Crippen LogP contribution in [0.4, 0.5) is 0 Å². The van der Waals surface area contributed by atoms with Crippen LogP contribution in [-0.4, -0.2) is 34.5 Å². The van der Waals surface area contributed by atoms with E-state index in [4.69, 9.17) is 14.3 Å². The highest BCUT2D eigenvalue weighted by Gasteiger charge is 2.21. The zero-order chi connectivity index (χ0) is 12.1. The Labute approximate surface area is 99.0 Å². The molecule has 1 saturated heterocycles. The average Bonchev–Trinajstić information content (AvgIpc) is 2.78. The van der Waals surface area contributed by atoms with Crippen LogP contribution in [0.25, 0.3) is 0 Å². The molecule has 2 heterocycles. The molecule has 94 valence electrons. The van der Waals surface area contributed by atoms with Crippen molar-refractivity contribution >= 4 is 5.97 Å². The standard InChI is InChI=1S/C11H16N2O4/c14-10(15)5-1-4-9-12-13-11(17-9)8-3-2-6-16-7-8/h8H,1-7H2,(H,14,15). The van der Waals surface area contributed by atoms with E-state index in [0.717, 1.165) is 19.4 Å². The molecule has 1 aromatic rings. The van der Waals surface area contributed by atoms with E-state index in [1.54, 1.807) is 0 Å². The summed E-state index contributed by atoms with van der Waals surface area (Å²) >= 11 is 0. The predicted molar refractivity (Wildman–Crippen MR) is 57.7 cm³/mol. The predicted octanol–water partition coefficient (Wildman–Crippen LogP) is 1.37. The molecule has 2 rings (SSSR count). The number of ether oxygens (including phenoxy) is 1. The van der Waals surface area contributed by atoms with Crippen molar-refractivity contribution in [1.29, 1.82) is 0 Å². The smallest absolute Gasteiger partial charge is 0.303 e. The van der Waals surface area contributed by atoms with E-state index in [2.05, 4.69) is 10.2 Å². The Morgan fingerprint density at radius 3 is 3.06 bits per heavy atom. The molecular weight excluding hydrogens is 224 g/mol. The first-order valence-corrected chi connectivity index (χ1v) is 5.87. The Bertz CT molecular complexity index is 371. The molecule has 0 aliphatic carbocycles. The number of nitrogens with zero attached hydrogens (tertiary/aromatic N) is 2. The molecule has 0 spiro atoms. The number of rotatable bonds is 5. The van der Waals surface area contributed by atoms with Gasteiger partial charge in [-0.15, -0.1) is 10.2 Å². The van der Waals surface area contributed by atoms with Crippen LogP contribution in [0.5, 0.6) is 0 Å². The van der Waals surface area contributed by atoms with Gasteiger partial charge in [0, 0.05) is 19.4 Å². The molecule has 1 atom stereocenters. The number of hydrogen-bond acceptors (Lipinski definition) is 5. The Morgan fingerprint density at radius 2 is 2.35 bits per heavy atom. The molecule has 1 unspecified atom stereocenters. The van der Waals surface area contributed by atoms with E-state index < -0.39 is 5.97 Å². The summed E-state index contributed by atoms with van der Waals surface area (Å²) in [6, 6.07) is 0. The summed E-state index contributed by atoms with van der Waals surface area (Å²) in [4.78, 5) is 10.4. The van der Waals surface area contributed by atoms with Gasteiger partial charge in [0.1, 0.15) is 0 Å². The van der Waals surface area contributed by atoms with E-state index in [-0.39, 0.29) is 12.3 Å². The maximum atomic E-state index is 10.4. The van der Waals surface area contributed by atoms with E-state index in [9.17, 15) is 4.79 Å². The molecule has 6 heteroatoms. The zero-order valence-electron chi connectivity index (χ0n) is 9.59. The molecule has 1 N–H and O–H groups in total. The number of carboxylic acids is 1. The van der Waals surface area contributed by atoms with Gasteiger partial charge in [0.2, 0.25) is 11.8 Å². The number of carbonyl (C=O) groups is 1. The van der Waals surface area contributed by atoms with Crippen molar-refractivity contribution in [2.75, 3.05) is 13.2 Å². The van der Waals surface area contributed by atoms with Crippen LogP contribution in [0.3, 0.4) is 0 Å². The third-order valence-corrected chi connectivity index (χ3v) is 2.77. The van der Waals surface area contributed by atoms with Gasteiger partial charge >= 0.3 is 5.97 Å². The van der Waals surface area contributed by atoms with Gasteiger partial charge in [-0.1, -0.05) is 0 Å². The lowest BCUT2D eigenvalue weighted by Crippen LogP contribution is -2.15. The lowest BCUT2D eigenvalue weighted by Gasteiger charge is -2.18. The van der Waals surface area contributed by atoms with Crippen LogP contribution < -0.4 is 0 Å². The second kappa shape index (κ2) is 5.77. The molecule has 0 aromatic carbocycles. The van der Waals surface area contributed by atoms with Crippen molar-refractivity contribution in [2.45, 2.75) is 38.0 Å². The minimum Gasteiger partial charge on any atom is -0.481 e. The highest BCUT2D eigenvalue weighted by Crippen LogP contribution is 2.24. The zero-order valence-corrected chi connectivity index (χ0v) is 9.59. The fourth-order valence-corrected chi connectivity index (χ4v) is 1.86. The van der Waals surface area contributed by atoms with Crippen LogP contribution in [0, 0.1) is 0 Å². The average molecular weight is 240 g/mol. The number of hydrogen-bond donors (Lipinski definition) is 1. The van der Waals surface area contributed by atoms with Crippen molar-refractivity contribution in [1.82, 2.24) is 10.2 Å². The van der Waals surface area contributed by atoms with E-state index in [0.29, 0.717) is 31.2 Å². The summed E-state index contributed by atoms with van der Waals surface area (Å²) in [7, 11) is 0. The van der Waals surface area contributed by atoms with Crippen molar-refractivity contribution in [3.8, 4) is 0 Å². The van der Waals surface area contributed by atoms with Crippen LogP contribution in [0.1, 0.15) is 43.4 Å². The van der Waals surface area contributed by atoms with Gasteiger partial charge in [0.25, 0.3) is 0 Å². The summed E-state index contributed by atoms with van der Waals surface area (Å²) < 4.78 is 10.9. The van der Waals surface area contributed by atoms with Crippen LogP contribution in [0.2, 0.25) is 0 Å². The second-order valence-electron chi connectivity index (χ2n) is 4.20. The summed E-state index contributed by atoms with van der Waals surface area (Å²) in [5.41, 5.74) is 0. The van der Waals surface area contributed by atoms with Gasteiger partial charge in [-0.05, 0) is 19.3 Å². The molecule has 0 amide bonds. The Hall–Kier alpha value is -1.43. The molecule has 0 radical (unpaired) electrons. The van der Waals surface area contributed by atoms with E-state index in [1.807, 2.05) is 0 Å². The normalized spacial score (nSPS) is 20.4. The molecule has 1 aliphatic heterocycles. The van der Waals surface area contributed by atoms with E-state index >= 15 is 0 Å². The summed E-state index contributed by atoms with van der Waals surface area (Å²) in [6.07, 6.45) is 3.20. The minimum atomic E-state index is -0.801. The molecule has 0 saturated carbocycles. The summed E-state index contributed by atoms with van der Waals surface area (Å²) in [6.45, 7) is 1.44. The van der Waals surface area contributed by atoms with Gasteiger partial charge in [-0.2, -0.15) is 0 Å². The SMILES string of the molecule is O=C(O)CCCc1nnc(C2CCCOC2)o1. The van der Waals surface area contributed by atoms with Crippen molar-refractivity contribution in [3.63, 3.8) is 0 Å². The Balaban J connectivity index is 1.84. The Kier molecular flexibility index (Phi) is 4.08. The second-order valence-corrected chi connectivity index (χ2v) is 4.20. The first kappa shape index (κ1) is 12.0. The van der Waals surface area contributed by atoms with Gasteiger partial charge < -0.3 is 14.3 Å². The maximum absolute atomic E-state index is 10.4. The van der Waals surface area contributed by atoms with Crippen molar-refractivity contribution < 1.29 is 19.1 Å². The lowest BCUT2D eigenvalue weighted by atomic mass is 10.0. The topological polar surface area (TPSA) is 85.5 Å². The third-order valence-electron chi connectivity index (χ3n) is 2.77. The van der Waals surface area contributed by atoms with E-state index in [1.165, 1.54) is 0 Å². The largest absolute Gasteiger partial charge is 0.481 e. The quantitative estimate of drug-likeness (QED) is 0.836. The fourth-order valence-electron chi connectivity index (χ4n) is 1.86. The minimum absolute atomic E-state index is 0.129. The summed E-state index contributed by atoms with van der Waals surface area (Å²) in [5, 5.41) is 16.4. The first-order valence-electron chi connectivity index (χ1n) is 5.87. The summed E-state index contributed by atoms with van der Waals surface area (Å²) in [5.74, 6) is 0.539. The van der Waals surface area contributed by atoms with Gasteiger partial charge in [-0.3, -0.25) is 4.79 Å². The third kappa shape index (κ3) is 3.52. The van der Waals surface area contributed by atoms with Gasteiger partial charge in [0.15, 0.2) is 0 Å². The fraction of sp³-hybridized carbons (Fsp3) is 0.727. The maximum Gasteiger partial charge on any atom is 0.303 e. The highest BCUT2D eigenvalue weighted by atomic mass is 16.5. The highest BCUT2D eigenvalue weighted by molar-refractivity contribution is 5.66. The van der Waals surface area contributed by atoms with Crippen LogP contribution in [0.15, 0.2) is 4.42 Å².